The average Bonchev–Trinajstić information content (AvgIpc) is 3.06. The fraction of sp³-hybridized carbons (Fsp3) is 0.941. The first kappa shape index (κ1) is 17.1. The monoisotopic (exact) mass is 325 g/mol. The van der Waals surface area contributed by atoms with Gasteiger partial charge in [-0.3, -0.25) is 10.1 Å². The van der Waals surface area contributed by atoms with E-state index in [2.05, 4.69) is 16.0 Å². The first-order valence-electron chi connectivity index (χ1n) is 9.26. The van der Waals surface area contributed by atoms with Gasteiger partial charge in [0.1, 0.15) is 12.3 Å². The van der Waals surface area contributed by atoms with Gasteiger partial charge in [0, 0.05) is 18.1 Å². The molecular formula is C17H31N3O3. The van der Waals surface area contributed by atoms with Crippen LogP contribution in [0.5, 0.6) is 0 Å². The minimum Gasteiger partial charge on any atom is -0.382 e. The van der Waals surface area contributed by atoms with E-state index >= 15 is 0 Å². The molecule has 3 fully saturated rings. The first-order chi connectivity index (χ1) is 11.1. The maximum absolute atomic E-state index is 12.1. The van der Waals surface area contributed by atoms with Gasteiger partial charge in [-0.15, -0.1) is 0 Å². The van der Waals surface area contributed by atoms with Gasteiger partial charge in [-0.1, -0.05) is 19.8 Å². The molecule has 6 heteroatoms. The van der Waals surface area contributed by atoms with E-state index < -0.39 is 18.4 Å². The van der Waals surface area contributed by atoms with E-state index in [1.165, 1.54) is 12.8 Å². The summed E-state index contributed by atoms with van der Waals surface area (Å²) >= 11 is 0. The summed E-state index contributed by atoms with van der Waals surface area (Å²) in [4.78, 5) is 12.1. The Morgan fingerprint density at radius 3 is 2.74 bits per heavy atom. The maximum atomic E-state index is 12.1. The molecular weight excluding hydrogens is 294 g/mol. The Balaban J connectivity index is 1.55. The highest BCUT2D eigenvalue weighted by Crippen LogP contribution is 2.38. The van der Waals surface area contributed by atoms with Crippen molar-refractivity contribution in [3.05, 3.63) is 0 Å². The second-order valence-corrected chi connectivity index (χ2v) is 7.52. The predicted octanol–water partition coefficient (Wildman–Crippen LogP) is 0.0907. The van der Waals surface area contributed by atoms with Crippen molar-refractivity contribution in [3.8, 4) is 0 Å². The molecule has 1 aliphatic heterocycles. The lowest BCUT2D eigenvalue weighted by Gasteiger charge is -2.31. The number of amides is 1. The number of rotatable bonds is 8. The summed E-state index contributed by atoms with van der Waals surface area (Å²) in [5.41, 5.74) is 0. The number of carbonyl (C=O) groups is 1. The van der Waals surface area contributed by atoms with Crippen LogP contribution in [0, 0.1) is 11.8 Å². The molecule has 3 aliphatic rings. The summed E-state index contributed by atoms with van der Waals surface area (Å²) in [6, 6.07) is -0.142. The first-order valence-corrected chi connectivity index (χ1v) is 9.26. The molecule has 2 saturated carbocycles. The topological polar surface area (TPSA) is 93.6 Å². The highest BCUT2D eigenvalue weighted by molar-refractivity contribution is 5.81. The predicted molar refractivity (Wildman–Crippen MR) is 87.6 cm³/mol. The highest BCUT2D eigenvalue weighted by Gasteiger charge is 2.43. The van der Waals surface area contributed by atoms with E-state index in [9.17, 15) is 15.0 Å². The third kappa shape index (κ3) is 4.05. The molecule has 2 aliphatic carbocycles. The van der Waals surface area contributed by atoms with Gasteiger partial charge >= 0.3 is 0 Å². The number of hydrogen-bond donors (Lipinski definition) is 5. The van der Waals surface area contributed by atoms with E-state index in [0.717, 1.165) is 32.2 Å². The van der Waals surface area contributed by atoms with Crippen LogP contribution in [0.1, 0.15) is 51.9 Å². The normalized spacial score (nSPS) is 34.0. The minimum atomic E-state index is -1.11. The van der Waals surface area contributed by atoms with Gasteiger partial charge in [0.15, 0.2) is 0 Å². The zero-order valence-corrected chi connectivity index (χ0v) is 14.0. The molecule has 0 radical (unpaired) electrons. The second-order valence-electron chi connectivity index (χ2n) is 7.52. The van der Waals surface area contributed by atoms with Crippen LogP contribution in [0.25, 0.3) is 0 Å². The second kappa shape index (κ2) is 7.47. The lowest BCUT2D eigenvalue weighted by molar-refractivity contribution is -0.131. The maximum Gasteiger partial charge on any atom is 0.250 e. The Bertz CT molecular complexity index is 416. The molecule has 6 nitrogen and oxygen atoms in total. The van der Waals surface area contributed by atoms with Crippen molar-refractivity contribution in [1.29, 1.82) is 0 Å². The van der Waals surface area contributed by atoms with Crippen molar-refractivity contribution in [3.63, 3.8) is 0 Å². The molecule has 0 aromatic rings. The van der Waals surface area contributed by atoms with Crippen LogP contribution in [0.2, 0.25) is 0 Å². The van der Waals surface area contributed by atoms with E-state index in [1.807, 2.05) is 6.92 Å². The summed E-state index contributed by atoms with van der Waals surface area (Å²) in [7, 11) is 0. The average molecular weight is 325 g/mol. The summed E-state index contributed by atoms with van der Waals surface area (Å²) < 4.78 is 0. The van der Waals surface area contributed by atoms with Crippen LogP contribution in [0.4, 0.5) is 0 Å². The van der Waals surface area contributed by atoms with E-state index in [0.29, 0.717) is 18.3 Å². The Morgan fingerprint density at radius 1 is 1.26 bits per heavy atom. The molecule has 2 unspecified atom stereocenters. The fourth-order valence-electron chi connectivity index (χ4n) is 4.24. The van der Waals surface area contributed by atoms with Crippen molar-refractivity contribution < 1.29 is 15.0 Å². The lowest BCUT2D eigenvalue weighted by atomic mass is 9.92. The number of hydrogen-bond acceptors (Lipinski definition) is 5. The molecule has 0 aromatic heterocycles. The van der Waals surface area contributed by atoms with Gasteiger partial charge in [0.2, 0.25) is 0 Å². The largest absolute Gasteiger partial charge is 0.382 e. The van der Waals surface area contributed by atoms with Crippen LogP contribution >= 0.6 is 0 Å². The molecule has 3 rings (SSSR count). The van der Waals surface area contributed by atoms with E-state index in [4.69, 9.17) is 0 Å². The molecule has 0 spiro atoms. The lowest BCUT2D eigenvalue weighted by Crippen LogP contribution is -2.57. The number of aliphatic hydroxyl groups excluding tert-OH is 2. The van der Waals surface area contributed by atoms with Crippen molar-refractivity contribution in [2.24, 2.45) is 11.8 Å². The smallest absolute Gasteiger partial charge is 0.250 e. The fourth-order valence-corrected chi connectivity index (χ4v) is 4.24. The van der Waals surface area contributed by atoms with Crippen LogP contribution in [0.15, 0.2) is 0 Å². The molecule has 0 aromatic carbocycles. The SMILES string of the molecule is CCC[C@H](NC(O)[C@H]1NC[C@@H]2CCC[C@@H]21)C(O)C(=O)NC1CC1. The Kier molecular flexibility index (Phi) is 5.57. The highest BCUT2D eigenvalue weighted by atomic mass is 16.3. The summed E-state index contributed by atoms with van der Waals surface area (Å²) in [6.07, 6.45) is 5.33. The van der Waals surface area contributed by atoms with Crippen LogP contribution in [-0.4, -0.2) is 53.1 Å². The third-order valence-electron chi connectivity index (χ3n) is 5.69. The molecule has 1 heterocycles. The van der Waals surface area contributed by atoms with Crippen LogP contribution < -0.4 is 16.0 Å². The summed E-state index contributed by atoms with van der Waals surface area (Å²) in [6.45, 7) is 2.99. The van der Waals surface area contributed by atoms with Crippen molar-refractivity contribution in [2.75, 3.05) is 6.54 Å². The minimum absolute atomic E-state index is 0.0283. The number of nitrogens with one attached hydrogen (secondary N) is 3. The zero-order chi connectivity index (χ0) is 16.4. The standard InChI is InChI=1S/C17H31N3O3/c1-2-4-13(15(21)17(23)19-11-7-8-11)20-16(22)14-12-6-3-5-10(12)9-18-14/h10-16,18,20-22H,2-9H2,1H3,(H,19,23)/t10-,12-,13-,14-,15?,16?/m0/s1. The Morgan fingerprint density at radius 2 is 2.04 bits per heavy atom. The number of carbonyl (C=O) groups excluding carboxylic acids is 1. The third-order valence-corrected chi connectivity index (χ3v) is 5.69. The molecule has 5 N–H and O–H groups in total. The zero-order valence-electron chi connectivity index (χ0n) is 14.0. The Hall–Kier alpha value is -0.690. The number of fused-ring (bicyclic) bond motifs is 1. The van der Waals surface area contributed by atoms with Gasteiger partial charge in [0.05, 0.1) is 0 Å². The van der Waals surface area contributed by atoms with Crippen molar-refractivity contribution in [2.45, 2.75) is 82.3 Å². The summed E-state index contributed by atoms with van der Waals surface area (Å²) in [5, 5.41) is 30.4. The summed E-state index contributed by atoms with van der Waals surface area (Å²) in [5.74, 6) is 0.866. The number of aliphatic hydroxyl groups is 2. The molecule has 6 atom stereocenters. The Labute approximate surface area is 138 Å². The molecule has 132 valence electrons. The molecule has 0 bridgehead atoms. The molecule has 1 saturated heterocycles. The van der Waals surface area contributed by atoms with Gasteiger partial charge in [-0.2, -0.15) is 0 Å². The van der Waals surface area contributed by atoms with Crippen molar-refractivity contribution >= 4 is 5.91 Å². The van der Waals surface area contributed by atoms with E-state index in [1.54, 1.807) is 0 Å². The van der Waals surface area contributed by atoms with Crippen molar-refractivity contribution in [1.82, 2.24) is 16.0 Å². The molecule has 23 heavy (non-hydrogen) atoms. The van der Waals surface area contributed by atoms with Gasteiger partial charge in [0.25, 0.3) is 5.91 Å². The van der Waals surface area contributed by atoms with E-state index in [-0.39, 0.29) is 18.0 Å². The van der Waals surface area contributed by atoms with Gasteiger partial charge in [-0.25, -0.2) is 0 Å². The van der Waals surface area contributed by atoms with Gasteiger partial charge < -0.3 is 20.8 Å². The van der Waals surface area contributed by atoms with Gasteiger partial charge in [-0.05, 0) is 50.5 Å². The van der Waals surface area contributed by atoms with Crippen LogP contribution in [-0.2, 0) is 4.79 Å². The quantitative estimate of drug-likeness (QED) is 0.408. The molecule has 1 amide bonds. The van der Waals surface area contributed by atoms with Crippen LogP contribution in [0.3, 0.4) is 0 Å².